The van der Waals surface area contributed by atoms with E-state index in [2.05, 4.69) is 10.1 Å². The lowest BCUT2D eigenvalue weighted by Crippen LogP contribution is -2.35. The summed E-state index contributed by atoms with van der Waals surface area (Å²) < 4.78 is 39.5. The molecule has 3 heterocycles. The largest absolute Gasteiger partial charge is 0.417 e. The molecule has 4 nitrogen and oxygen atoms in total. The first-order valence-electron chi connectivity index (χ1n) is 6.81. The predicted octanol–water partition coefficient (Wildman–Crippen LogP) is 3.14. The van der Waals surface area contributed by atoms with Gasteiger partial charge in [-0.1, -0.05) is 0 Å². The van der Waals surface area contributed by atoms with Crippen LogP contribution in [0.15, 0.2) is 36.8 Å². The first kappa shape index (κ1) is 13.9. The SMILES string of the molecule is FC(F)(F)c1ccc(N2CCC(n3cccn3)CC2)nc1. The number of anilines is 1. The minimum Gasteiger partial charge on any atom is -0.356 e. The smallest absolute Gasteiger partial charge is 0.356 e. The molecule has 3 rings (SSSR count). The van der Waals surface area contributed by atoms with Gasteiger partial charge < -0.3 is 4.90 Å². The minimum absolute atomic E-state index is 0.352. The summed E-state index contributed by atoms with van der Waals surface area (Å²) in [5.41, 5.74) is -0.710. The van der Waals surface area contributed by atoms with Gasteiger partial charge in [0.1, 0.15) is 5.82 Å². The third-order valence-corrected chi connectivity index (χ3v) is 3.76. The van der Waals surface area contributed by atoms with Crippen LogP contribution >= 0.6 is 0 Å². The van der Waals surface area contributed by atoms with Gasteiger partial charge in [0.25, 0.3) is 0 Å². The van der Waals surface area contributed by atoms with Crippen LogP contribution in [0.3, 0.4) is 0 Å². The molecule has 112 valence electrons. The predicted molar refractivity (Wildman–Crippen MR) is 72.0 cm³/mol. The third kappa shape index (κ3) is 3.01. The summed E-state index contributed by atoms with van der Waals surface area (Å²) in [7, 11) is 0. The molecular formula is C14H15F3N4. The normalized spacial score (nSPS) is 17.2. The zero-order chi connectivity index (χ0) is 14.9. The Morgan fingerprint density at radius 1 is 1.14 bits per heavy atom. The molecule has 2 aromatic heterocycles. The quantitative estimate of drug-likeness (QED) is 0.854. The van der Waals surface area contributed by atoms with Crippen molar-refractivity contribution in [2.24, 2.45) is 0 Å². The molecule has 0 N–H and O–H groups in total. The van der Waals surface area contributed by atoms with Crippen molar-refractivity contribution in [3.8, 4) is 0 Å². The number of hydrogen-bond donors (Lipinski definition) is 0. The summed E-state index contributed by atoms with van der Waals surface area (Å²) in [6.07, 6.45) is 2.07. The fraction of sp³-hybridized carbons (Fsp3) is 0.429. The first-order chi connectivity index (χ1) is 10.0. The Labute approximate surface area is 120 Å². The summed E-state index contributed by atoms with van der Waals surface area (Å²) >= 11 is 0. The average Bonchev–Trinajstić information content (AvgIpc) is 3.01. The highest BCUT2D eigenvalue weighted by Gasteiger charge is 2.31. The van der Waals surface area contributed by atoms with Crippen molar-refractivity contribution in [1.29, 1.82) is 0 Å². The van der Waals surface area contributed by atoms with Crippen LogP contribution in [0.5, 0.6) is 0 Å². The number of alkyl halides is 3. The van der Waals surface area contributed by atoms with E-state index in [-0.39, 0.29) is 0 Å². The van der Waals surface area contributed by atoms with Gasteiger partial charge in [-0.2, -0.15) is 18.3 Å². The number of piperidine rings is 1. The van der Waals surface area contributed by atoms with Crippen LogP contribution in [-0.4, -0.2) is 27.9 Å². The van der Waals surface area contributed by atoms with Crippen LogP contribution in [0.2, 0.25) is 0 Å². The summed E-state index contributed by atoms with van der Waals surface area (Å²) in [5.74, 6) is 0.599. The Bertz CT molecular complexity index is 569. The highest BCUT2D eigenvalue weighted by atomic mass is 19.4. The zero-order valence-corrected chi connectivity index (χ0v) is 11.3. The highest BCUT2D eigenvalue weighted by molar-refractivity contribution is 5.40. The molecule has 0 bridgehead atoms. The lowest BCUT2D eigenvalue weighted by molar-refractivity contribution is -0.137. The van der Waals surface area contributed by atoms with Crippen LogP contribution in [0.4, 0.5) is 19.0 Å². The second kappa shape index (κ2) is 5.38. The second-order valence-electron chi connectivity index (χ2n) is 5.11. The van der Waals surface area contributed by atoms with Crippen molar-refractivity contribution in [2.45, 2.75) is 25.1 Å². The summed E-state index contributed by atoms with van der Waals surface area (Å²) in [5, 5.41) is 4.23. The molecule has 0 amide bonds. The Morgan fingerprint density at radius 3 is 2.43 bits per heavy atom. The van der Waals surface area contributed by atoms with Crippen molar-refractivity contribution in [1.82, 2.24) is 14.8 Å². The van der Waals surface area contributed by atoms with Crippen LogP contribution in [0.1, 0.15) is 24.4 Å². The molecular weight excluding hydrogens is 281 g/mol. The van der Waals surface area contributed by atoms with E-state index in [9.17, 15) is 13.2 Å². The maximum absolute atomic E-state index is 12.5. The Morgan fingerprint density at radius 2 is 1.90 bits per heavy atom. The molecule has 0 aromatic carbocycles. The standard InChI is InChI=1S/C14H15F3N4/c15-14(16,17)11-2-3-13(18-10-11)20-8-4-12(5-9-20)21-7-1-6-19-21/h1-3,6-7,10,12H,4-5,8-9H2. The van der Waals surface area contributed by atoms with Gasteiger partial charge in [0.2, 0.25) is 0 Å². The molecule has 1 aliphatic rings. The van der Waals surface area contributed by atoms with E-state index >= 15 is 0 Å². The van der Waals surface area contributed by atoms with Gasteiger partial charge in [-0.25, -0.2) is 4.98 Å². The molecule has 21 heavy (non-hydrogen) atoms. The van der Waals surface area contributed by atoms with Gasteiger partial charge in [0.15, 0.2) is 0 Å². The van der Waals surface area contributed by atoms with Crippen molar-refractivity contribution in [3.63, 3.8) is 0 Å². The van der Waals surface area contributed by atoms with Crippen LogP contribution < -0.4 is 4.90 Å². The zero-order valence-electron chi connectivity index (χ0n) is 11.3. The van der Waals surface area contributed by atoms with Crippen molar-refractivity contribution in [2.75, 3.05) is 18.0 Å². The van der Waals surface area contributed by atoms with E-state index < -0.39 is 11.7 Å². The molecule has 2 aromatic rings. The Kier molecular flexibility index (Phi) is 3.57. The maximum atomic E-state index is 12.5. The minimum atomic E-state index is -4.33. The molecule has 0 unspecified atom stereocenters. The van der Waals surface area contributed by atoms with Gasteiger partial charge in [0.05, 0.1) is 11.6 Å². The van der Waals surface area contributed by atoms with Crippen LogP contribution in [0.25, 0.3) is 0 Å². The fourth-order valence-corrected chi connectivity index (χ4v) is 2.60. The molecule has 1 saturated heterocycles. The van der Waals surface area contributed by atoms with Gasteiger partial charge in [-0.15, -0.1) is 0 Å². The maximum Gasteiger partial charge on any atom is 0.417 e. The summed E-state index contributed by atoms with van der Waals surface area (Å²) in [4.78, 5) is 5.95. The first-order valence-corrected chi connectivity index (χ1v) is 6.81. The topological polar surface area (TPSA) is 34.0 Å². The molecule has 0 radical (unpaired) electrons. The monoisotopic (exact) mass is 296 g/mol. The van der Waals surface area contributed by atoms with Gasteiger partial charge in [-0.05, 0) is 31.0 Å². The van der Waals surface area contributed by atoms with E-state index in [1.807, 2.05) is 21.8 Å². The molecule has 0 aliphatic carbocycles. The van der Waals surface area contributed by atoms with Crippen molar-refractivity contribution < 1.29 is 13.2 Å². The number of pyridine rings is 1. The molecule has 7 heteroatoms. The van der Waals surface area contributed by atoms with Crippen LogP contribution in [0, 0.1) is 0 Å². The number of halogens is 3. The number of rotatable bonds is 2. The summed E-state index contributed by atoms with van der Waals surface area (Å²) in [6.45, 7) is 1.53. The average molecular weight is 296 g/mol. The Balaban J connectivity index is 1.64. The number of nitrogens with zero attached hydrogens (tertiary/aromatic N) is 4. The molecule has 0 saturated carbocycles. The van der Waals surface area contributed by atoms with Crippen LogP contribution in [-0.2, 0) is 6.18 Å². The van der Waals surface area contributed by atoms with Crippen molar-refractivity contribution in [3.05, 3.63) is 42.4 Å². The molecule has 0 atom stereocenters. The lowest BCUT2D eigenvalue weighted by atomic mass is 10.1. The van der Waals surface area contributed by atoms with E-state index in [0.717, 1.165) is 38.2 Å². The number of aromatic nitrogens is 3. The Hall–Kier alpha value is -2.05. The molecule has 0 spiro atoms. The molecule has 1 aliphatic heterocycles. The number of hydrogen-bond acceptors (Lipinski definition) is 3. The van der Waals surface area contributed by atoms with Gasteiger partial charge in [0, 0.05) is 31.7 Å². The molecule has 1 fully saturated rings. The highest BCUT2D eigenvalue weighted by Crippen LogP contribution is 2.30. The van der Waals surface area contributed by atoms with E-state index in [4.69, 9.17) is 0 Å². The van der Waals surface area contributed by atoms with E-state index in [1.165, 1.54) is 6.07 Å². The summed E-state index contributed by atoms with van der Waals surface area (Å²) in [6, 6.07) is 4.77. The third-order valence-electron chi connectivity index (χ3n) is 3.76. The van der Waals surface area contributed by atoms with Gasteiger partial charge >= 0.3 is 6.18 Å². The van der Waals surface area contributed by atoms with Crippen molar-refractivity contribution >= 4 is 5.82 Å². The van der Waals surface area contributed by atoms with Gasteiger partial charge in [-0.3, -0.25) is 4.68 Å². The van der Waals surface area contributed by atoms with E-state index in [0.29, 0.717) is 11.9 Å². The fourth-order valence-electron chi connectivity index (χ4n) is 2.60. The van der Waals surface area contributed by atoms with E-state index in [1.54, 1.807) is 6.20 Å². The second-order valence-corrected chi connectivity index (χ2v) is 5.11. The lowest BCUT2D eigenvalue weighted by Gasteiger charge is -2.32.